The lowest BCUT2D eigenvalue weighted by atomic mass is 10.0. The normalized spacial score (nSPS) is 15.3. The Hall–Kier alpha value is -3.93. The largest absolute Gasteiger partial charge is 0.335 e. The van der Waals surface area contributed by atoms with Gasteiger partial charge < -0.3 is 4.57 Å². The van der Waals surface area contributed by atoms with Crippen molar-refractivity contribution in [1.29, 1.82) is 0 Å². The van der Waals surface area contributed by atoms with E-state index in [9.17, 15) is 14.4 Å². The average Bonchev–Trinajstić information content (AvgIpc) is 3.09. The molecule has 6 heteroatoms. The molecular formula is C28H29N3O3. The molecule has 4 rings (SSSR count). The summed E-state index contributed by atoms with van der Waals surface area (Å²) < 4.78 is 2.16. The zero-order valence-corrected chi connectivity index (χ0v) is 20.2. The molecule has 0 aliphatic carbocycles. The summed E-state index contributed by atoms with van der Waals surface area (Å²) in [5.74, 6) is -1.32. The summed E-state index contributed by atoms with van der Waals surface area (Å²) in [5, 5.41) is 2.31. The molecule has 0 saturated carbocycles. The van der Waals surface area contributed by atoms with Gasteiger partial charge in [-0.15, -0.1) is 0 Å². The molecule has 174 valence electrons. The molecule has 1 saturated heterocycles. The second-order valence-electron chi connectivity index (χ2n) is 8.58. The number of nitrogens with one attached hydrogen (secondary N) is 1. The number of hydrogen-bond acceptors (Lipinski definition) is 3. The van der Waals surface area contributed by atoms with Gasteiger partial charge in [0.2, 0.25) is 0 Å². The van der Waals surface area contributed by atoms with Gasteiger partial charge in [-0.2, -0.15) is 0 Å². The number of anilines is 1. The maximum absolute atomic E-state index is 13.3. The fraction of sp³-hybridized carbons (Fsp3) is 0.250. The number of nitrogens with zero attached hydrogens (tertiary/aromatic N) is 2. The lowest BCUT2D eigenvalue weighted by Crippen LogP contribution is -2.54. The number of para-hydroxylation sites is 1. The van der Waals surface area contributed by atoms with E-state index >= 15 is 0 Å². The highest BCUT2D eigenvalue weighted by atomic mass is 16.2. The lowest BCUT2D eigenvalue weighted by molar-refractivity contribution is -0.122. The number of imide groups is 2. The Balaban J connectivity index is 1.78. The molecule has 1 aliphatic heterocycles. The minimum absolute atomic E-state index is 0.0695. The highest BCUT2D eigenvalue weighted by Crippen LogP contribution is 2.29. The molecule has 34 heavy (non-hydrogen) atoms. The Morgan fingerprint density at radius 1 is 0.912 bits per heavy atom. The molecule has 1 fully saturated rings. The minimum Gasteiger partial charge on any atom is -0.317 e. The Bertz CT molecular complexity index is 1330. The molecule has 1 aliphatic rings. The lowest BCUT2D eigenvalue weighted by Gasteiger charge is -2.26. The number of benzene rings is 2. The van der Waals surface area contributed by atoms with Crippen LogP contribution in [-0.2, 0) is 22.4 Å². The fourth-order valence-electron chi connectivity index (χ4n) is 4.53. The summed E-state index contributed by atoms with van der Waals surface area (Å²) in [5.41, 5.74) is 7.63. The molecule has 0 radical (unpaired) electrons. The smallest absolute Gasteiger partial charge is 0.317 e. The zero-order valence-electron chi connectivity index (χ0n) is 20.2. The van der Waals surface area contributed by atoms with Crippen molar-refractivity contribution in [1.82, 2.24) is 9.88 Å². The third kappa shape index (κ3) is 3.96. The van der Waals surface area contributed by atoms with Crippen molar-refractivity contribution in [2.45, 2.75) is 47.5 Å². The maximum atomic E-state index is 13.3. The first kappa shape index (κ1) is 23.2. The van der Waals surface area contributed by atoms with Gasteiger partial charge in [-0.3, -0.25) is 14.9 Å². The van der Waals surface area contributed by atoms with Crippen molar-refractivity contribution in [3.05, 3.63) is 87.7 Å². The first-order valence-corrected chi connectivity index (χ1v) is 11.5. The van der Waals surface area contributed by atoms with Crippen LogP contribution in [0, 0.1) is 20.8 Å². The van der Waals surface area contributed by atoms with Gasteiger partial charge in [-0.05, 0) is 80.1 Å². The van der Waals surface area contributed by atoms with E-state index in [1.807, 2.05) is 39.0 Å². The van der Waals surface area contributed by atoms with Gasteiger partial charge in [0, 0.05) is 11.4 Å². The van der Waals surface area contributed by atoms with Crippen LogP contribution in [-0.4, -0.2) is 22.4 Å². The number of rotatable bonds is 5. The van der Waals surface area contributed by atoms with Crippen LogP contribution >= 0.6 is 0 Å². The summed E-state index contributed by atoms with van der Waals surface area (Å²) in [4.78, 5) is 39.5. The van der Waals surface area contributed by atoms with Crippen LogP contribution in [0.15, 0.2) is 54.1 Å². The number of carbonyl (C=O) groups is 3. The van der Waals surface area contributed by atoms with Crippen molar-refractivity contribution < 1.29 is 14.4 Å². The number of carbonyl (C=O) groups excluding carboxylic acids is 3. The predicted molar refractivity (Wildman–Crippen MR) is 134 cm³/mol. The van der Waals surface area contributed by atoms with Gasteiger partial charge in [0.15, 0.2) is 0 Å². The van der Waals surface area contributed by atoms with Crippen LogP contribution in [0.3, 0.4) is 0 Å². The Morgan fingerprint density at radius 3 is 2.26 bits per heavy atom. The first-order chi connectivity index (χ1) is 16.3. The zero-order chi connectivity index (χ0) is 24.6. The monoisotopic (exact) mass is 455 g/mol. The van der Waals surface area contributed by atoms with Crippen molar-refractivity contribution in [2.24, 2.45) is 0 Å². The number of aryl methyl sites for hydroxylation is 4. The van der Waals surface area contributed by atoms with Crippen LogP contribution in [0.1, 0.15) is 47.5 Å². The molecule has 6 nitrogen and oxygen atoms in total. The van der Waals surface area contributed by atoms with E-state index in [-0.39, 0.29) is 5.57 Å². The van der Waals surface area contributed by atoms with Crippen LogP contribution in [0.25, 0.3) is 11.8 Å². The SMILES string of the molecule is CCc1ccc(N2C(=O)NC(=O)/C(=C\c3cc(C)n(-c4c(C)cccc4CC)c3C)C2=O)cc1. The molecule has 0 atom stereocenters. The summed E-state index contributed by atoms with van der Waals surface area (Å²) in [7, 11) is 0. The first-order valence-electron chi connectivity index (χ1n) is 11.5. The van der Waals surface area contributed by atoms with Crippen molar-refractivity contribution >= 4 is 29.6 Å². The maximum Gasteiger partial charge on any atom is 0.335 e. The molecule has 0 unspecified atom stereocenters. The summed E-state index contributed by atoms with van der Waals surface area (Å²) in [6.45, 7) is 10.2. The van der Waals surface area contributed by atoms with Gasteiger partial charge in [0.25, 0.3) is 11.8 Å². The van der Waals surface area contributed by atoms with E-state index in [2.05, 4.69) is 41.9 Å². The Morgan fingerprint density at radius 2 is 1.62 bits per heavy atom. The highest BCUT2D eigenvalue weighted by molar-refractivity contribution is 6.39. The van der Waals surface area contributed by atoms with Crippen LogP contribution in [0.2, 0.25) is 0 Å². The molecule has 0 bridgehead atoms. The van der Waals surface area contributed by atoms with Crippen molar-refractivity contribution in [3.8, 4) is 5.69 Å². The number of aromatic nitrogens is 1. The highest BCUT2D eigenvalue weighted by Gasteiger charge is 2.37. The Kier molecular flexibility index (Phi) is 6.24. The molecule has 2 aromatic carbocycles. The minimum atomic E-state index is -0.741. The summed E-state index contributed by atoms with van der Waals surface area (Å²) >= 11 is 0. The van der Waals surface area contributed by atoms with Gasteiger partial charge >= 0.3 is 6.03 Å². The van der Waals surface area contributed by atoms with Crippen LogP contribution in [0.5, 0.6) is 0 Å². The molecule has 3 aromatic rings. The number of hydrogen-bond donors (Lipinski definition) is 1. The standard InChI is InChI=1S/C28H29N3O3/c1-6-20-11-13-23(14-12-20)31-27(33)24(26(32)29-28(31)34)16-22-15-18(4)30(19(22)5)25-17(3)9-8-10-21(25)7-2/h8-16H,6-7H2,1-5H3,(H,29,32,34)/b24-16+. The number of urea groups is 1. The fourth-order valence-corrected chi connectivity index (χ4v) is 4.53. The van der Waals surface area contributed by atoms with Crippen LogP contribution < -0.4 is 10.2 Å². The second kappa shape index (κ2) is 9.14. The van der Waals surface area contributed by atoms with Gasteiger partial charge in [-0.25, -0.2) is 9.69 Å². The quantitative estimate of drug-likeness (QED) is 0.425. The van der Waals surface area contributed by atoms with E-state index < -0.39 is 17.8 Å². The number of amides is 4. The second-order valence-corrected chi connectivity index (χ2v) is 8.58. The molecule has 0 spiro atoms. The van der Waals surface area contributed by atoms with E-state index in [1.165, 1.54) is 5.56 Å². The molecule has 2 heterocycles. The van der Waals surface area contributed by atoms with Gasteiger partial charge in [0.05, 0.1) is 11.4 Å². The van der Waals surface area contributed by atoms with E-state index in [0.29, 0.717) is 5.69 Å². The summed E-state index contributed by atoms with van der Waals surface area (Å²) in [6, 6.07) is 14.7. The average molecular weight is 456 g/mol. The third-order valence-electron chi connectivity index (χ3n) is 6.40. The van der Waals surface area contributed by atoms with Gasteiger partial charge in [0.1, 0.15) is 5.57 Å². The molecule has 4 amide bonds. The van der Waals surface area contributed by atoms with E-state index in [1.54, 1.807) is 18.2 Å². The van der Waals surface area contributed by atoms with Crippen molar-refractivity contribution in [2.75, 3.05) is 4.90 Å². The van der Waals surface area contributed by atoms with Crippen LogP contribution in [0.4, 0.5) is 10.5 Å². The van der Waals surface area contributed by atoms with Gasteiger partial charge in [-0.1, -0.05) is 44.2 Å². The topological polar surface area (TPSA) is 71.4 Å². The molecular weight excluding hydrogens is 426 g/mol. The predicted octanol–water partition coefficient (Wildman–Crippen LogP) is 5.19. The molecule has 1 N–H and O–H groups in total. The number of barbiturate groups is 1. The van der Waals surface area contributed by atoms with E-state index in [0.717, 1.165) is 51.5 Å². The molecule has 1 aromatic heterocycles. The Labute approximate surface area is 199 Å². The van der Waals surface area contributed by atoms with Crippen molar-refractivity contribution in [3.63, 3.8) is 0 Å². The summed E-state index contributed by atoms with van der Waals surface area (Å²) in [6.07, 6.45) is 3.32. The van der Waals surface area contributed by atoms with E-state index in [4.69, 9.17) is 0 Å². The third-order valence-corrected chi connectivity index (χ3v) is 6.40.